The normalized spacial score (nSPS) is 19.8. The fourth-order valence-corrected chi connectivity index (χ4v) is 4.74. The summed E-state index contributed by atoms with van der Waals surface area (Å²) in [6.07, 6.45) is 5.46. The molecule has 0 aliphatic heterocycles. The van der Waals surface area contributed by atoms with Crippen molar-refractivity contribution in [1.82, 2.24) is 15.5 Å². The van der Waals surface area contributed by atoms with Crippen molar-refractivity contribution in [3.63, 3.8) is 0 Å². The first-order valence-corrected chi connectivity index (χ1v) is 11.3. The van der Waals surface area contributed by atoms with Crippen LogP contribution in [0.1, 0.15) is 66.7 Å². The third-order valence-corrected chi connectivity index (χ3v) is 6.91. The van der Waals surface area contributed by atoms with Crippen LogP contribution in [0.4, 0.5) is 0 Å². The van der Waals surface area contributed by atoms with Crippen molar-refractivity contribution in [2.24, 2.45) is 17.3 Å². The van der Waals surface area contributed by atoms with Crippen LogP contribution in [0.3, 0.4) is 0 Å². The van der Waals surface area contributed by atoms with Crippen molar-refractivity contribution in [2.75, 3.05) is 20.6 Å². The summed E-state index contributed by atoms with van der Waals surface area (Å²) >= 11 is 0. The largest absolute Gasteiger partial charge is 0.377 e. The van der Waals surface area contributed by atoms with Crippen LogP contribution in [0.2, 0.25) is 0 Å². The van der Waals surface area contributed by atoms with Gasteiger partial charge in [0.1, 0.15) is 6.23 Å². The molecule has 0 bridgehead atoms. The average molecular weight is 428 g/mol. The van der Waals surface area contributed by atoms with E-state index < -0.39 is 12.5 Å². The third kappa shape index (κ3) is 7.31. The topological polar surface area (TPSA) is 105 Å². The fourth-order valence-electron chi connectivity index (χ4n) is 4.74. The third-order valence-electron chi connectivity index (χ3n) is 6.91. The van der Waals surface area contributed by atoms with E-state index in [2.05, 4.69) is 24.5 Å². The summed E-state index contributed by atoms with van der Waals surface area (Å²) in [5.74, 6) is 0.490. The molecule has 1 saturated carbocycles. The number of likely N-dealkylation sites (N-methyl/N-ethyl adjacent to an activating group) is 2. The number of carbonyl (C=O) groups is 1. The van der Waals surface area contributed by atoms with Gasteiger partial charge in [0.2, 0.25) is 5.91 Å². The molecule has 0 saturated heterocycles. The molecule has 5 N–H and O–H groups in total. The molecule has 1 fully saturated rings. The molecule has 176 valence electrons. The van der Waals surface area contributed by atoms with Gasteiger partial charge in [-0.15, -0.1) is 0 Å². The first kappa shape index (κ1) is 27.0. The molecular weight excluding hydrogens is 382 g/mol. The first-order chi connectivity index (χ1) is 13.9. The molecule has 1 aliphatic carbocycles. The lowest BCUT2D eigenvalue weighted by Gasteiger charge is -2.45. The van der Waals surface area contributed by atoms with Gasteiger partial charge in [-0.25, -0.2) is 0 Å². The second-order valence-corrected chi connectivity index (χ2v) is 9.77. The Balaban J connectivity index is 2.77. The lowest BCUT2D eigenvalue weighted by Crippen LogP contribution is -2.58. The van der Waals surface area contributed by atoms with E-state index in [1.807, 2.05) is 20.9 Å². The average Bonchev–Trinajstić information content (AvgIpc) is 2.70. The van der Waals surface area contributed by atoms with E-state index in [1.165, 1.54) is 32.1 Å². The van der Waals surface area contributed by atoms with Crippen molar-refractivity contribution in [1.29, 1.82) is 0 Å². The highest BCUT2D eigenvalue weighted by Gasteiger charge is 2.40. The molecule has 1 amide bonds. The summed E-state index contributed by atoms with van der Waals surface area (Å²) in [5, 5.41) is 35.8. The summed E-state index contributed by atoms with van der Waals surface area (Å²) in [7, 11) is 3.56. The van der Waals surface area contributed by atoms with Gasteiger partial charge in [-0.3, -0.25) is 10.1 Å². The molecule has 0 heterocycles. The molecule has 1 aliphatic rings. The quantitative estimate of drug-likeness (QED) is 0.255. The highest BCUT2D eigenvalue weighted by molar-refractivity contribution is 5.78. The van der Waals surface area contributed by atoms with Gasteiger partial charge < -0.3 is 25.5 Å². The van der Waals surface area contributed by atoms with E-state index in [4.69, 9.17) is 0 Å². The van der Waals surface area contributed by atoms with Crippen molar-refractivity contribution in [2.45, 2.75) is 91.3 Å². The number of aliphatic hydroxyl groups excluding tert-OH is 2. The second kappa shape index (κ2) is 12.2. The Labute approximate surface area is 182 Å². The molecule has 0 aromatic rings. The highest BCUT2D eigenvalue weighted by Crippen LogP contribution is 2.41. The molecule has 30 heavy (non-hydrogen) atoms. The van der Waals surface area contributed by atoms with E-state index in [-0.39, 0.29) is 35.9 Å². The van der Waals surface area contributed by atoms with Crippen molar-refractivity contribution < 1.29 is 20.1 Å². The van der Waals surface area contributed by atoms with E-state index in [0.29, 0.717) is 11.5 Å². The lowest BCUT2D eigenvalue weighted by atomic mass is 9.66. The van der Waals surface area contributed by atoms with E-state index in [9.17, 15) is 20.1 Å². The van der Waals surface area contributed by atoms with E-state index in [1.54, 1.807) is 24.9 Å². The zero-order valence-electron chi connectivity index (χ0n) is 20.0. The van der Waals surface area contributed by atoms with Crippen LogP contribution in [-0.4, -0.2) is 71.4 Å². The number of amides is 1. The summed E-state index contributed by atoms with van der Waals surface area (Å²) in [4.78, 5) is 14.4. The second-order valence-electron chi connectivity index (χ2n) is 9.77. The molecule has 7 heteroatoms. The van der Waals surface area contributed by atoms with E-state index >= 15 is 0 Å². The van der Waals surface area contributed by atoms with Gasteiger partial charge in [0, 0.05) is 7.05 Å². The predicted octanol–water partition coefficient (Wildman–Crippen LogP) is 1.83. The number of nitrogens with zero attached hydrogens (tertiary/aromatic N) is 1. The van der Waals surface area contributed by atoms with Gasteiger partial charge in [-0.05, 0) is 49.6 Å². The smallest absolute Gasteiger partial charge is 0.236 e. The van der Waals surface area contributed by atoms with Crippen LogP contribution in [0.5, 0.6) is 0 Å². The van der Waals surface area contributed by atoms with Crippen LogP contribution >= 0.6 is 0 Å². The Morgan fingerprint density at radius 2 is 1.73 bits per heavy atom. The monoisotopic (exact) mass is 427 g/mol. The summed E-state index contributed by atoms with van der Waals surface area (Å²) in [6.45, 7) is 10.00. The molecule has 0 unspecified atom stereocenters. The van der Waals surface area contributed by atoms with Gasteiger partial charge >= 0.3 is 0 Å². The minimum atomic E-state index is -1.53. The Bertz CT molecular complexity index is 557. The maximum absolute atomic E-state index is 12.8. The summed E-state index contributed by atoms with van der Waals surface area (Å²) in [5.41, 5.74) is 0.305. The maximum Gasteiger partial charge on any atom is 0.236 e. The highest BCUT2D eigenvalue weighted by atomic mass is 16.5. The van der Waals surface area contributed by atoms with E-state index in [0.717, 1.165) is 0 Å². The molecule has 0 radical (unpaired) electrons. The SMILES string of the molecule is CN[C@@H]([C@@H](O)NCC(=O)N(C)[C@H](/C=C(\C)C(O)O)C(C)C)C(C)(C)C1CCCCC1. The maximum atomic E-state index is 12.8. The van der Waals surface area contributed by atoms with Gasteiger partial charge in [-0.1, -0.05) is 53.0 Å². The molecule has 0 aromatic carbocycles. The van der Waals surface area contributed by atoms with Crippen LogP contribution in [0, 0.1) is 17.3 Å². The minimum Gasteiger partial charge on any atom is -0.377 e. The number of hydrogen-bond acceptors (Lipinski definition) is 6. The summed E-state index contributed by atoms with van der Waals surface area (Å²) in [6, 6.07) is -0.441. The van der Waals surface area contributed by atoms with Gasteiger partial charge in [0.05, 0.1) is 18.6 Å². The van der Waals surface area contributed by atoms with Gasteiger partial charge in [0.15, 0.2) is 6.29 Å². The van der Waals surface area contributed by atoms with Crippen LogP contribution in [0.25, 0.3) is 0 Å². The summed E-state index contributed by atoms with van der Waals surface area (Å²) < 4.78 is 0. The van der Waals surface area contributed by atoms with Gasteiger partial charge in [-0.2, -0.15) is 0 Å². The molecule has 1 rings (SSSR count). The first-order valence-electron chi connectivity index (χ1n) is 11.3. The Morgan fingerprint density at radius 3 is 2.20 bits per heavy atom. The lowest BCUT2D eigenvalue weighted by molar-refractivity contribution is -0.132. The number of carbonyl (C=O) groups excluding carboxylic acids is 1. The Hall–Kier alpha value is -0.990. The van der Waals surface area contributed by atoms with Crippen LogP contribution in [-0.2, 0) is 4.79 Å². The van der Waals surface area contributed by atoms with Crippen LogP contribution in [0.15, 0.2) is 11.6 Å². The van der Waals surface area contributed by atoms with Crippen molar-refractivity contribution in [3.8, 4) is 0 Å². The predicted molar refractivity (Wildman–Crippen MR) is 121 cm³/mol. The minimum absolute atomic E-state index is 0.00831. The van der Waals surface area contributed by atoms with Gasteiger partial charge in [0.25, 0.3) is 0 Å². The molecule has 0 spiro atoms. The van der Waals surface area contributed by atoms with Crippen LogP contribution < -0.4 is 10.6 Å². The molecular formula is C23H45N3O4. The van der Waals surface area contributed by atoms with Crippen molar-refractivity contribution in [3.05, 3.63) is 11.6 Å². The molecule has 0 aromatic heterocycles. The Kier molecular flexibility index (Phi) is 11.0. The number of rotatable bonds is 11. The molecule has 7 nitrogen and oxygen atoms in total. The van der Waals surface area contributed by atoms with Crippen molar-refractivity contribution >= 4 is 5.91 Å². The Morgan fingerprint density at radius 1 is 1.17 bits per heavy atom. The number of hydrogen-bond donors (Lipinski definition) is 5. The fraction of sp³-hybridized carbons (Fsp3) is 0.870. The number of aliphatic hydroxyl groups is 3. The zero-order valence-corrected chi connectivity index (χ0v) is 20.0. The number of nitrogens with one attached hydrogen (secondary N) is 2. The molecule has 3 atom stereocenters. The standard InChI is InChI=1S/C23H45N3O4/c1-15(2)18(13-16(3)22(29)30)26(7)19(27)14-25-21(28)20(24-6)23(4,5)17-11-9-8-10-12-17/h13,15,17-18,20-22,24-25,28-30H,8-12,14H2,1-7H3/b16-13+/t18-,20+,21-/m1/s1. The zero-order chi connectivity index (χ0) is 23.1.